The van der Waals surface area contributed by atoms with Crippen LogP contribution in [-0.2, 0) is 0 Å². The molecule has 4 heteroatoms. The minimum absolute atomic E-state index is 0.0734. The predicted octanol–water partition coefficient (Wildman–Crippen LogP) is 3.67. The van der Waals surface area contributed by atoms with Crippen molar-refractivity contribution in [3.63, 3.8) is 0 Å². The number of rotatable bonds is 2. The van der Waals surface area contributed by atoms with E-state index >= 15 is 0 Å². The molecule has 2 rings (SSSR count). The van der Waals surface area contributed by atoms with Crippen LogP contribution in [0, 0.1) is 11.3 Å². The number of phenols is 1. The smallest absolute Gasteiger partial charge is 0.141 e. The highest BCUT2D eigenvalue weighted by molar-refractivity contribution is 6.30. The molecule has 0 aliphatic rings. The number of hydrogen-bond acceptors (Lipinski definition) is 3. The summed E-state index contributed by atoms with van der Waals surface area (Å²) in [6.07, 6.45) is 1.60. The molecule has 88 valence electrons. The largest absolute Gasteiger partial charge is 0.506 e. The number of hydrogen-bond donors (Lipinski definition) is 1. The molecular weight excluding hydrogens is 248 g/mol. The molecule has 0 aliphatic heterocycles. The van der Waals surface area contributed by atoms with E-state index in [0.29, 0.717) is 16.3 Å². The van der Waals surface area contributed by atoms with Crippen molar-refractivity contribution in [3.05, 3.63) is 58.6 Å². The van der Waals surface area contributed by atoms with Gasteiger partial charge >= 0.3 is 0 Å². The zero-order chi connectivity index (χ0) is 13.0. The Morgan fingerprint density at radius 3 is 2.56 bits per heavy atom. The molecule has 0 heterocycles. The highest BCUT2D eigenvalue weighted by Gasteiger charge is 1.99. The first kappa shape index (κ1) is 12.2. The lowest BCUT2D eigenvalue weighted by atomic mass is 10.2. The zero-order valence-electron chi connectivity index (χ0n) is 9.34. The van der Waals surface area contributed by atoms with Gasteiger partial charge in [0.25, 0.3) is 0 Å². The summed E-state index contributed by atoms with van der Waals surface area (Å²) in [5, 5.41) is 18.8. The molecule has 0 bridgehead atoms. The average molecular weight is 257 g/mol. The number of halogens is 1. The summed E-state index contributed by atoms with van der Waals surface area (Å²) in [4.78, 5) is 4.15. The van der Waals surface area contributed by atoms with Crippen LogP contribution < -0.4 is 0 Å². The zero-order valence-corrected chi connectivity index (χ0v) is 10.1. The second-order valence-electron chi connectivity index (χ2n) is 3.63. The van der Waals surface area contributed by atoms with Crippen molar-refractivity contribution < 1.29 is 5.11 Å². The quantitative estimate of drug-likeness (QED) is 0.834. The molecular formula is C14H9ClN2O. The highest BCUT2D eigenvalue weighted by atomic mass is 35.5. The maximum absolute atomic E-state index is 9.58. The summed E-state index contributed by atoms with van der Waals surface area (Å²) < 4.78 is 0. The van der Waals surface area contributed by atoms with E-state index in [2.05, 4.69) is 4.99 Å². The van der Waals surface area contributed by atoms with Gasteiger partial charge in [0.05, 0.1) is 11.6 Å². The third-order valence-electron chi connectivity index (χ3n) is 2.33. The van der Waals surface area contributed by atoms with Gasteiger partial charge in [-0.15, -0.1) is 0 Å². The van der Waals surface area contributed by atoms with Crippen LogP contribution in [0.4, 0.5) is 5.69 Å². The first-order chi connectivity index (χ1) is 8.69. The van der Waals surface area contributed by atoms with Crippen LogP contribution in [0.3, 0.4) is 0 Å². The highest BCUT2D eigenvalue weighted by Crippen LogP contribution is 2.29. The van der Waals surface area contributed by atoms with E-state index in [1.54, 1.807) is 42.6 Å². The molecule has 0 aromatic heterocycles. The fraction of sp³-hybridized carbons (Fsp3) is 0. The second-order valence-corrected chi connectivity index (χ2v) is 4.06. The summed E-state index contributed by atoms with van der Waals surface area (Å²) >= 11 is 5.82. The molecule has 0 saturated heterocycles. The average Bonchev–Trinajstić information content (AvgIpc) is 2.40. The van der Waals surface area contributed by atoms with Gasteiger partial charge < -0.3 is 5.11 Å². The summed E-state index contributed by atoms with van der Waals surface area (Å²) in [5.41, 5.74) is 1.85. The Morgan fingerprint density at radius 1 is 1.17 bits per heavy atom. The van der Waals surface area contributed by atoms with E-state index < -0.39 is 0 Å². The number of aliphatic imine (C=N–C) groups is 1. The molecule has 0 amide bonds. The number of nitriles is 1. The molecule has 0 fully saturated rings. The third-order valence-corrected chi connectivity index (χ3v) is 2.57. The first-order valence-corrected chi connectivity index (χ1v) is 5.59. The van der Waals surface area contributed by atoms with Gasteiger partial charge in [-0.25, -0.2) is 0 Å². The van der Waals surface area contributed by atoms with Crippen LogP contribution in [0.1, 0.15) is 11.1 Å². The second kappa shape index (κ2) is 5.35. The maximum atomic E-state index is 9.58. The Morgan fingerprint density at radius 2 is 1.89 bits per heavy atom. The monoisotopic (exact) mass is 256 g/mol. The Hall–Kier alpha value is -2.31. The van der Waals surface area contributed by atoms with Crippen molar-refractivity contribution in [1.82, 2.24) is 0 Å². The Balaban J connectivity index is 2.24. The molecule has 0 unspecified atom stereocenters. The van der Waals surface area contributed by atoms with Gasteiger partial charge in [-0.3, -0.25) is 4.99 Å². The van der Waals surface area contributed by atoms with Crippen molar-refractivity contribution in [1.29, 1.82) is 5.26 Å². The third kappa shape index (κ3) is 2.88. The number of phenolic OH excluding ortho intramolecular Hbond substituents is 1. The van der Waals surface area contributed by atoms with E-state index in [9.17, 15) is 5.11 Å². The first-order valence-electron chi connectivity index (χ1n) is 5.22. The van der Waals surface area contributed by atoms with Gasteiger partial charge in [-0.1, -0.05) is 23.7 Å². The SMILES string of the molecule is N#Cc1ccc(C=Nc2cc(Cl)ccc2O)cc1. The maximum Gasteiger partial charge on any atom is 0.141 e. The van der Waals surface area contributed by atoms with Crippen molar-refractivity contribution >= 4 is 23.5 Å². The van der Waals surface area contributed by atoms with Crippen molar-refractivity contribution in [2.75, 3.05) is 0 Å². The van der Waals surface area contributed by atoms with E-state index in [4.69, 9.17) is 16.9 Å². The Labute approximate surface area is 110 Å². The molecule has 0 spiro atoms. The van der Waals surface area contributed by atoms with Crippen molar-refractivity contribution in [3.8, 4) is 11.8 Å². The molecule has 2 aromatic carbocycles. The summed E-state index contributed by atoms with van der Waals surface area (Å²) in [5.74, 6) is 0.0734. The predicted molar refractivity (Wildman–Crippen MR) is 71.5 cm³/mol. The fourth-order valence-electron chi connectivity index (χ4n) is 1.39. The Kier molecular flexibility index (Phi) is 3.61. The summed E-state index contributed by atoms with van der Waals surface area (Å²) in [6, 6.07) is 13.7. The van der Waals surface area contributed by atoms with Crippen molar-refractivity contribution in [2.24, 2.45) is 4.99 Å². The van der Waals surface area contributed by atoms with E-state index in [1.807, 2.05) is 6.07 Å². The normalized spacial score (nSPS) is 10.4. The van der Waals surface area contributed by atoms with Gasteiger partial charge in [-0.2, -0.15) is 5.26 Å². The number of benzene rings is 2. The van der Waals surface area contributed by atoms with Crippen LogP contribution >= 0.6 is 11.6 Å². The molecule has 0 saturated carbocycles. The van der Waals surface area contributed by atoms with Gasteiger partial charge in [0, 0.05) is 11.2 Å². The van der Waals surface area contributed by atoms with Gasteiger partial charge in [0.1, 0.15) is 11.4 Å². The minimum Gasteiger partial charge on any atom is -0.506 e. The van der Waals surface area contributed by atoms with Gasteiger partial charge in [0.2, 0.25) is 0 Å². The van der Waals surface area contributed by atoms with Crippen LogP contribution in [0.5, 0.6) is 5.75 Å². The Bertz CT molecular complexity index is 627. The summed E-state index contributed by atoms with van der Waals surface area (Å²) in [7, 11) is 0. The molecule has 0 aliphatic carbocycles. The fourth-order valence-corrected chi connectivity index (χ4v) is 1.55. The molecule has 2 aromatic rings. The van der Waals surface area contributed by atoms with Gasteiger partial charge in [-0.05, 0) is 35.9 Å². The summed E-state index contributed by atoms with van der Waals surface area (Å²) in [6.45, 7) is 0. The van der Waals surface area contributed by atoms with Gasteiger partial charge in [0.15, 0.2) is 0 Å². The molecule has 1 N–H and O–H groups in total. The van der Waals surface area contributed by atoms with Crippen LogP contribution in [0.25, 0.3) is 0 Å². The van der Waals surface area contributed by atoms with Crippen LogP contribution in [-0.4, -0.2) is 11.3 Å². The number of nitrogens with zero attached hydrogens (tertiary/aromatic N) is 2. The van der Waals surface area contributed by atoms with Crippen molar-refractivity contribution in [2.45, 2.75) is 0 Å². The van der Waals surface area contributed by atoms with E-state index in [-0.39, 0.29) is 5.75 Å². The molecule has 0 atom stereocenters. The lowest BCUT2D eigenvalue weighted by molar-refractivity contribution is 0.477. The van der Waals surface area contributed by atoms with E-state index in [0.717, 1.165) is 5.56 Å². The number of aromatic hydroxyl groups is 1. The topological polar surface area (TPSA) is 56.4 Å². The van der Waals surface area contributed by atoms with Crippen LogP contribution in [0.15, 0.2) is 47.5 Å². The standard InChI is InChI=1S/C14H9ClN2O/c15-12-5-6-14(18)13(7-12)17-9-11-3-1-10(8-16)2-4-11/h1-7,9,18H. The van der Waals surface area contributed by atoms with Crippen LogP contribution in [0.2, 0.25) is 5.02 Å². The lowest BCUT2D eigenvalue weighted by Gasteiger charge is -1.99. The molecule has 3 nitrogen and oxygen atoms in total. The minimum atomic E-state index is 0.0734. The lowest BCUT2D eigenvalue weighted by Crippen LogP contribution is -1.81. The molecule has 18 heavy (non-hydrogen) atoms. The van der Waals surface area contributed by atoms with E-state index in [1.165, 1.54) is 6.07 Å². The molecule has 0 radical (unpaired) electrons.